The van der Waals surface area contributed by atoms with Crippen LogP contribution < -0.4 is 24.8 Å². The summed E-state index contributed by atoms with van der Waals surface area (Å²) in [7, 11) is 0. The van der Waals surface area contributed by atoms with Crippen molar-refractivity contribution in [1.82, 2.24) is 0 Å². The van der Waals surface area contributed by atoms with Crippen molar-refractivity contribution in [2.45, 2.75) is 46.5 Å². The van der Waals surface area contributed by atoms with E-state index in [-0.39, 0.29) is 51.0 Å². The Kier molecular flexibility index (Phi) is 8.48. The zero-order valence-electron chi connectivity index (χ0n) is 18.5. The van der Waals surface area contributed by atoms with E-state index in [1.165, 1.54) is 60.5 Å². The molecule has 3 heteroatoms. The van der Waals surface area contributed by atoms with Gasteiger partial charge in [-0.1, -0.05) is 84.7 Å². The zero-order valence-corrected chi connectivity index (χ0v) is 22.5. The SMILES string of the molecule is CCc1ccc2c(c1)[cH-]c1c(C3C=Cc4c(C)cc(C)cc43)c(CC)ccc12.[Cl-].[Cl-].[Zr+3]. The van der Waals surface area contributed by atoms with Gasteiger partial charge < -0.3 is 24.8 Å². The first-order valence-electron chi connectivity index (χ1n) is 10.5. The van der Waals surface area contributed by atoms with Crippen molar-refractivity contribution in [2.24, 2.45) is 0 Å². The van der Waals surface area contributed by atoms with Crippen molar-refractivity contribution < 1.29 is 51.0 Å². The van der Waals surface area contributed by atoms with Crippen LogP contribution in [0.15, 0.2) is 54.6 Å². The Morgan fingerprint density at radius 3 is 2.32 bits per heavy atom. The summed E-state index contributed by atoms with van der Waals surface area (Å²) in [5.74, 6) is 0.356. The molecule has 0 aromatic heterocycles. The minimum atomic E-state index is 0. The number of halogens is 2. The van der Waals surface area contributed by atoms with E-state index in [1.54, 1.807) is 0 Å². The maximum absolute atomic E-state index is 2.44. The molecule has 31 heavy (non-hydrogen) atoms. The van der Waals surface area contributed by atoms with Crippen LogP contribution in [0.4, 0.5) is 0 Å². The topological polar surface area (TPSA) is 0 Å². The quantitative estimate of drug-likeness (QED) is 0.357. The van der Waals surface area contributed by atoms with Gasteiger partial charge in [-0.3, -0.25) is 0 Å². The number of rotatable bonds is 3. The van der Waals surface area contributed by atoms with E-state index in [4.69, 9.17) is 0 Å². The average Bonchev–Trinajstić information content (AvgIpc) is 3.27. The Hall–Kier alpha value is -1.27. The van der Waals surface area contributed by atoms with Gasteiger partial charge in [0.1, 0.15) is 0 Å². The molecule has 1 aliphatic carbocycles. The van der Waals surface area contributed by atoms with Gasteiger partial charge in [-0.15, -0.1) is 33.7 Å². The Balaban J connectivity index is 0.00000114. The Bertz CT molecular complexity index is 1260. The molecule has 0 nitrogen and oxygen atoms in total. The standard InChI is InChI=1S/C28H27.2ClH.Zr/c1-5-19-7-9-23-21(15-19)16-27-24(23)10-8-20(6-2)28(27)25-12-11-22-18(4)13-17(3)14-26(22)25;;;/h7-16,25H,5-6H2,1-4H3;2*1H;/q-1;;;+3/p-2. The van der Waals surface area contributed by atoms with Gasteiger partial charge >= 0.3 is 26.2 Å². The van der Waals surface area contributed by atoms with E-state index in [0.717, 1.165) is 12.8 Å². The maximum Gasteiger partial charge on any atom is 3.00 e. The largest absolute Gasteiger partial charge is 3.00 e. The van der Waals surface area contributed by atoms with Crippen molar-refractivity contribution in [2.75, 3.05) is 0 Å². The fourth-order valence-corrected chi connectivity index (χ4v) is 5.14. The zero-order chi connectivity index (χ0) is 19.4. The molecular formula is C28H27Cl2Zr. The summed E-state index contributed by atoms with van der Waals surface area (Å²) >= 11 is 0. The van der Waals surface area contributed by atoms with Gasteiger partial charge in [0.15, 0.2) is 0 Å². The third kappa shape index (κ3) is 4.22. The minimum absolute atomic E-state index is 0. The van der Waals surface area contributed by atoms with Crippen LogP contribution >= 0.6 is 0 Å². The first-order valence-corrected chi connectivity index (χ1v) is 10.5. The van der Waals surface area contributed by atoms with Gasteiger partial charge in [-0.05, 0) is 43.4 Å². The second-order valence-electron chi connectivity index (χ2n) is 8.29. The predicted octanol–water partition coefficient (Wildman–Crippen LogP) is 1.62. The first-order chi connectivity index (χ1) is 13.6. The van der Waals surface area contributed by atoms with Gasteiger partial charge in [-0.25, -0.2) is 0 Å². The molecule has 0 N–H and O–H groups in total. The summed E-state index contributed by atoms with van der Waals surface area (Å²) in [6, 6.07) is 18.8. The van der Waals surface area contributed by atoms with E-state index >= 15 is 0 Å². The van der Waals surface area contributed by atoms with Crippen molar-refractivity contribution in [3.8, 4) is 0 Å². The molecule has 0 amide bonds. The fourth-order valence-electron chi connectivity index (χ4n) is 5.14. The minimum Gasteiger partial charge on any atom is -1.00 e. The first kappa shape index (κ1) is 26.0. The van der Waals surface area contributed by atoms with Crippen molar-refractivity contribution in [3.63, 3.8) is 0 Å². The summed E-state index contributed by atoms with van der Waals surface area (Å²) in [6.45, 7) is 8.97. The summed E-state index contributed by atoms with van der Waals surface area (Å²) in [6.07, 6.45) is 6.91. The molecule has 4 aromatic rings. The monoisotopic (exact) mass is 523 g/mol. The van der Waals surface area contributed by atoms with Crippen LogP contribution in [0.25, 0.3) is 27.6 Å². The molecule has 0 fully saturated rings. The Morgan fingerprint density at radius 1 is 0.871 bits per heavy atom. The van der Waals surface area contributed by atoms with Crippen LogP contribution in [0.2, 0.25) is 0 Å². The second kappa shape index (κ2) is 10.1. The number of hydrogen-bond donors (Lipinski definition) is 0. The maximum atomic E-state index is 2.44. The van der Waals surface area contributed by atoms with Gasteiger partial charge in [0.25, 0.3) is 0 Å². The fraction of sp³-hybridized carbons (Fsp3) is 0.250. The smallest absolute Gasteiger partial charge is 1.00 e. The number of fused-ring (bicyclic) bond motifs is 4. The third-order valence-electron chi connectivity index (χ3n) is 6.54. The summed E-state index contributed by atoms with van der Waals surface area (Å²) < 4.78 is 0. The summed E-state index contributed by atoms with van der Waals surface area (Å²) in [5, 5.41) is 5.60. The van der Waals surface area contributed by atoms with E-state index in [0.29, 0.717) is 5.92 Å². The van der Waals surface area contributed by atoms with Crippen molar-refractivity contribution in [1.29, 1.82) is 0 Å². The Morgan fingerprint density at radius 2 is 1.61 bits per heavy atom. The van der Waals surface area contributed by atoms with Crippen molar-refractivity contribution >= 4 is 27.6 Å². The molecule has 0 saturated heterocycles. The average molecular weight is 526 g/mol. The predicted molar refractivity (Wildman–Crippen MR) is 123 cm³/mol. The summed E-state index contributed by atoms with van der Waals surface area (Å²) in [4.78, 5) is 0. The molecule has 1 unspecified atom stereocenters. The van der Waals surface area contributed by atoms with E-state index < -0.39 is 0 Å². The number of benzene rings is 3. The van der Waals surface area contributed by atoms with Gasteiger partial charge in [0.2, 0.25) is 0 Å². The number of allylic oxidation sites excluding steroid dienone is 1. The van der Waals surface area contributed by atoms with E-state index in [1.807, 2.05) is 0 Å². The van der Waals surface area contributed by atoms with Crippen LogP contribution in [0, 0.1) is 13.8 Å². The van der Waals surface area contributed by atoms with Crippen LogP contribution in [0.5, 0.6) is 0 Å². The molecule has 1 atom stereocenters. The Labute approximate surface area is 217 Å². The molecule has 4 aromatic carbocycles. The van der Waals surface area contributed by atoms with Gasteiger partial charge in [-0.2, -0.15) is 0 Å². The molecule has 0 bridgehead atoms. The second-order valence-corrected chi connectivity index (χ2v) is 8.29. The molecule has 0 spiro atoms. The van der Waals surface area contributed by atoms with E-state index in [2.05, 4.69) is 88.4 Å². The molecule has 5 rings (SSSR count). The van der Waals surface area contributed by atoms with Crippen LogP contribution in [0.1, 0.15) is 58.7 Å². The third-order valence-corrected chi connectivity index (χ3v) is 6.54. The van der Waals surface area contributed by atoms with Gasteiger partial charge in [0, 0.05) is 5.92 Å². The van der Waals surface area contributed by atoms with Crippen LogP contribution in [-0.4, -0.2) is 0 Å². The molecule has 0 aliphatic heterocycles. The van der Waals surface area contributed by atoms with Crippen LogP contribution in [-0.2, 0) is 39.0 Å². The summed E-state index contributed by atoms with van der Waals surface area (Å²) in [5.41, 5.74) is 10.0. The molecule has 1 aliphatic rings. The van der Waals surface area contributed by atoms with Crippen molar-refractivity contribution in [3.05, 3.63) is 93.6 Å². The molecule has 0 heterocycles. The van der Waals surface area contributed by atoms with Gasteiger partial charge in [0.05, 0.1) is 0 Å². The molecule has 1 radical (unpaired) electrons. The molecule has 0 saturated carbocycles. The van der Waals surface area contributed by atoms with Crippen LogP contribution in [0.3, 0.4) is 0 Å². The normalized spacial score (nSPS) is 14.1. The van der Waals surface area contributed by atoms with E-state index in [9.17, 15) is 0 Å². The number of hydrogen-bond acceptors (Lipinski definition) is 0. The number of aryl methyl sites for hydroxylation is 4. The molecular weight excluding hydrogens is 498 g/mol. The molecule has 157 valence electrons.